The number of halogens is 3. The molecule has 13 heavy (non-hydrogen) atoms. The van der Waals surface area contributed by atoms with E-state index in [1.165, 1.54) is 6.07 Å². The normalized spacial score (nSPS) is 13.4. The van der Waals surface area contributed by atoms with Gasteiger partial charge in [-0.05, 0) is 32.3 Å². The molecule has 0 saturated carbocycles. The summed E-state index contributed by atoms with van der Waals surface area (Å²) in [6.07, 6.45) is 0. The predicted molar refractivity (Wildman–Crippen MR) is 56.4 cm³/mol. The monoisotopic (exact) mass is 265 g/mol. The Morgan fingerprint density at radius 3 is 2.62 bits per heavy atom. The lowest BCUT2D eigenvalue weighted by Crippen LogP contribution is -2.15. The third-order valence-electron chi connectivity index (χ3n) is 1.67. The highest BCUT2D eigenvalue weighted by Crippen LogP contribution is 2.27. The molecule has 1 aromatic rings. The fourth-order valence-corrected chi connectivity index (χ4v) is 1.52. The highest BCUT2D eigenvalue weighted by atomic mass is 79.9. The standard InChI is InChI=1S/C9H10BrClFN/c1-13(2)9(11)7-5-6(10)3-4-8(7)12/h3-5,9H,1-2H3. The zero-order valence-corrected chi connectivity index (χ0v) is 9.73. The second kappa shape index (κ2) is 4.40. The fourth-order valence-electron chi connectivity index (χ4n) is 0.975. The van der Waals surface area contributed by atoms with Crippen LogP contribution in [0.4, 0.5) is 4.39 Å². The molecule has 0 fully saturated rings. The average Bonchev–Trinajstić information content (AvgIpc) is 2.08. The van der Waals surface area contributed by atoms with Crippen molar-refractivity contribution in [2.45, 2.75) is 5.50 Å². The lowest BCUT2D eigenvalue weighted by Gasteiger charge is -2.18. The van der Waals surface area contributed by atoms with Gasteiger partial charge in [-0.15, -0.1) is 11.6 Å². The first-order chi connectivity index (χ1) is 6.02. The summed E-state index contributed by atoms with van der Waals surface area (Å²) in [4.78, 5) is 1.74. The lowest BCUT2D eigenvalue weighted by molar-refractivity contribution is 0.375. The van der Waals surface area contributed by atoms with Gasteiger partial charge in [0, 0.05) is 10.0 Å². The van der Waals surface area contributed by atoms with Gasteiger partial charge in [0.1, 0.15) is 11.3 Å². The molecule has 0 N–H and O–H groups in total. The number of rotatable bonds is 2. The lowest BCUT2D eigenvalue weighted by atomic mass is 10.2. The Balaban J connectivity index is 3.05. The summed E-state index contributed by atoms with van der Waals surface area (Å²) < 4.78 is 14.1. The Kier molecular flexibility index (Phi) is 3.71. The smallest absolute Gasteiger partial charge is 0.129 e. The molecule has 0 bridgehead atoms. The summed E-state index contributed by atoms with van der Waals surface area (Å²) in [5.41, 5.74) is 0.0542. The molecule has 1 rings (SSSR count). The average molecular weight is 267 g/mol. The molecule has 0 aliphatic heterocycles. The largest absolute Gasteiger partial charge is 0.290 e. The van der Waals surface area contributed by atoms with Gasteiger partial charge in [-0.2, -0.15) is 0 Å². The first kappa shape index (κ1) is 11.0. The summed E-state index contributed by atoms with van der Waals surface area (Å²) in [5.74, 6) is -0.281. The zero-order valence-electron chi connectivity index (χ0n) is 7.39. The van der Waals surface area contributed by atoms with Crippen molar-refractivity contribution in [1.29, 1.82) is 0 Å². The number of hydrogen-bond donors (Lipinski definition) is 0. The molecule has 0 spiro atoms. The van der Waals surface area contributed by atoms with Crippen LogP contribution in [-0.4, -0.2) is 19.0 Å². The van der Waals surface area contributed by atoms with Crippen molar-refractivity contribution < 1.29 is 4.39 Å². The van der Waals surface area contributed by atoms with Crippen LogP contribution in [-0.2, 0) is 0 Å². The van der Waals surface area contributed by atoms with Gasteiger partial charge in [0.25, 0.3) is 0 Å². The molecular formula is C9H10BrClFN. The molecule has 0 radical (unpaired) electrons. The summed E-state index contributed by atoms with van der Waals surface area (Å²) in [6.45, 7) is 0. The van der Waals surface area contributed by atoms with Crippen molar-refractivity contribution in [2.24, 2.45) is 0 Å². The van der Waals surface area contributed by atoms with E-state index >= 15 is 0 Å². The molecule has 72 valence electrons. The van der Waals surface area contributed by atoms with Crippen LogP contribution in [0, 0.1) is 5.82 Å². The van der Waals surface area contributed by atoms with Crippen LogP contribution in [0.5, 0.6) is 0 Å². The minimum absolute atomic E-state index is 0.281. The maximum absolute atomic E-state index is 13.2. The van der Waals surface area contributed by atoms with Crippen molar-refractivity contribution in [2.75, 3.05) is 14.1 Å². The first-order valence-corrected chi connectivity index (χ1v) is 5.00. The SMILES string of the molecule is CN(C)C(Cl)c1cc(Br)ccc1F. The van der Waals surface area contributed by atoms with E-state index in [0.29, 0.717) is 5.56 Å². The Morgan fingerprint density at radius 2 is 2.08 bits per heavy atom. The first-order valence-electron chi connectivity index (χ1n) is 3.78. The second-order valence-corrected chi connectivity index (χ2v) is 4.29. The Bertz CT molecular complexity index is 304. The van der Waals surface area contributed by atoms with Gasteiger partial charge in [0.15, 0.2) is 0 Å². The highest BCUT2D eigenvalue weighted by Gasteiger charge is 2.14. The van der Waals surface area contributed by atoms with E-state index in [4.69, 9.17) is 11.6 Å². The molecule has 0 saturated heterocycles. The van der Waals surface area contributed by atoms with E-state index in [1.54, 1.807) is 31.1 Å². The van der Waals surface area contributed by atoms with Crippen molar-refractivity contribution in [3.63, 3.8) is 0 Å². The minimum atomic E-state index is -0.433. The maximum atomic E-state index is 13.2. The van der Waals surface area contributed by atoms with E-state index < -0.39 is 5.50 Å². The molecular weight excluding hydrogens is 256 g/mol. The summed E-state index contributed by atoms with van der Waals surface area (Å²) in [5, 5.41) is 0. The van der Waals surface area contributed by atoms with Crippen LogP contribution in [0.1, 0.15) is 11.1 Å². The Labute approximate surface area is 90.6 Å². The van der Waals surface area contributed by atoms with Crippen LogP contribution in [0.2, 0.25) is 0 Å². The zero-order chi connectivity index (χ0) is 10.0. The van der Waals surface area contributed by atoms with Crippen LogP contribution in [0.15, 0.2) is 22.7 Å². The van der Waals surface area contributed by atoms with Gasteiger partial charge < -0.3 is 0 Å². The maximum Gasteiger partial charge on any atom is 0.129 e. The third kappa shape index (κ3) is 2.66. The van der Waals surface area contributed by atoms with Crippen molar-refractivity contribution in [1.82, 2.24) is 4.90 Å². The summed E-state index contributed by atoms with van der Waals surface area (Å²) in [6, 6.07) is 4.74. The van der Waals surface area contributed by atoms with Gasteiger partial charge in [-0.3, -0.25) is 4.90 Å². The molecule has 1 atom stereocenters. The Morgan fingerprint density at radius 1 is 1.46 bits per heavy atom. The van der Waals surface area contributed by atoms with Crippen molar-refractivity contribution in [3.05, 3.63) is 34.1 Å². The van der Waals surface area contributed by atoms with Crippen LogP contribution in [0.25, 0.3) is 0 Å². The number of nitrogens with zero attached hydrogens (tertiary/aromatic N) is 1. The van der Waals surface area contributed by atoms with Crippen LogP contribution < -0.4 is 0 Å². The molecule has 1 nitrogen and oxygen atoms in total. The summed E-state index contributed by atoms with van der Waals surface area (Å²) >= 11 is 9.25. The molecule has 1 unspecified atom stereocenters. The van der Waals surface area contributed by atoms with Crippen molar-refractivity contribution >= 4 is 27.5 Å². The Hall–Kier alpha value is -0.120. The molecule has 0 aliphatic rings. The number of hydrogen-bond acceptors (Lipinski definition) is 1. The quantitative estimate of drug-likeness (QED) is 0.586. The topological polar surface area (TPSA) is 3.24 Å². The van der Waals surface area contributed by atoms with Gasteiger partial charge >= 0.3 is 0 Å². The molecule has 0 aromatic heterocycles. The highest BCUT2D eigenvalue weighted by molar-refractivity contribution is 9.10. The van der Waals surface area contributed by atoms with Crippen LogP contribution in [0.3, 0.4) is 0 Å². The molecule has 0 heterocycles. The molecule has 0 amide bonds. The van der Waals surface area contributed by atoms with E-state index in [9.17, 15) is 4.39 Å². The van der Waals surface area contributed by atoms with Gasteiger partial charge in [0.2, 0.25) is 0 Å². The van der Waals surface area contributed by atoms with Gasteiger partial charge in [0.05, 0.1) is 0 Å². The van der Waals surface area contributed by atoms with E-state index in [1.807, 2.05) is 0 Å². The third-order valence-corrected chi connectivity index (χ3v) is 2.79. The van der Waals surface area contributed by atoms with Crippen molar-refractivity contribution in [3.8, 4) is 0 Å². The molecule has 1 aromatic carbocycles. The summed E-state index contributed by atoms with van der Waals surface area (Å²) in [7, 11) is 3.61. The number of alkyl halides is 1. The van der Waals surface area contributed by atoms with E-state index in [0.717, 1.165) is 4.47 Å². The molecule has 4 heteroatoms. The predicted octanol–water partition coefficient (Wildman–Crippen LogP) is 3.39. The van der Waals surface area contributed by atoms with E-state index in [2.05, 4.69) is 15.9 Å². The minimum Gasteiger partial charge on any atom is -0.290 e. The number of benzene rings is 1. The van der Waals surface area contributed by atoms with Gasteiger partial charge in [-0.1, -0.05) is 15.9 Å². The second-order valence-electron chi connectivity index (χ2n) is 2.97. The fraction of sp³-hybridized carbons (Fsp3) is 0.333. The van der Waals surface area contributed by atoms with Gasteiger partial charge in [-0.25, -0.2) is 4.39 Å². The molecule has 0 aliphatic carbocycles. The van der Waals surface area contributed by atoms with Crippen LogP contribution >= 0.6 is 27.5 Å². The van der Waals surface area contributed by atoms with E-state index in [-0.39, 0.29) is 5.82 Å².